The number of carbonyl (C=O) groups is 3. The van der Waals surface area contributed by atoms with Gasteiger partial charge in [-0.05, 0) is 6.42 Å². The number of ketones is 1. The highest BCUT2D eigenvalue weighted by molar-refractivity contribution is 5.96. The van der Waals surface area contributed by atoms with E-state index in [2.05, 4.69) is 5.32 Å². The first kappa shape index (κ1) is 13.9. The van der Waals surface area contributed by atoms with E-state index >= 15 is 0 Å². The van der Waals surface area contributed by atoms with Gasteiger partial charge in [0.05, 0.1) is 0 Å². The number of hydrogen-bond donors (Lipinski definition) is 2. The minimum Gasteiger partial charge on any atom is -0.480 e. The van der Waals surface area contributed by atoms with Gasteiger partial charge in [-0.1, -0.05) is 30.3 Å². The van der Waals surface area contributed by atoms with Crippen molar-refractivity contribution in [3.05, 3.63) is 35.9 Å². The SMILES string of the molecule is CC(=O)N[C@@H](CCC(=O)c1ccccc1)C(=O)O. The third kappa shape index (κ3) is 4.37. The molecular formula is C13H15NO4. The lowest BCUT2D eigenvalue weighted by atomic mass is 10.0. The summed E-state index contributed by atoms with van der Waals surface area (Å²) in [7, 11) is 0. The Balaban J connectivity index is 2.55. The van der Waals surface area contributed by atoms with Crippen molar-refractivity contribution in [2.75, 3.05) is 0 Å². The first-order valence-electron chi connectivity index (χ1n) is 5.59. The van der Waals surface area contributed by atoms with Gasteiger partial charge < -0.3 is 10.4 Å². The summed E-state index contributed by atoms with van der Waals surface area (Å²) >= 11 is 0. The van der Waals surface area contributed by atoms with Gasteiger partial charge >= 0.3 is 5.97 Å². The van der Waals surface area contributed by atoms with E-state index in [0.29, 0.717) is 5.56 Å². The van der Waals surface area contributed by atoms with E-state index in [4.69, 9.17) is 5.11 Å². The van der Waals surface area contributed by atoms with Crippen LogP contribution in [-0.2, 0) is 9.59 Å². The summed E-state index contributed by atoms with van der Waals surface area (Å²) in [5.41, 5.74) is 0.546. The predicted octanol–water partition coefficient (Wildman–Crippen LogP) is 1.24. The van der Waals surface area contributed by atoms with Crippen molar-refractivity contribution >= 4 is 17.7 Å². The lowest BCUT2D eigenvalue weighted by Gasteiger charge is -2.12. The molecule has 0 aromatic heterocycles. The molecule has 0 saturated heterocycles. The van der Waals surface area contributed by atoms with Crippen molar-refractivity contribution in [1.82, 2.24) is 5.32 Å². The summed E-state index contributed by atoms with van der Waals surface area (Å²) in [5, 5.41) is 11.2. The molecule has 0 aliphatic rings. The molecule has 0 aliphatic heterocycles. The van der Waals surface area contributed by atoms with Crippen LogP contribution in [0.4, 0.5) is 0 Å². The Labute approximate surface area is 105 Å². The van der Waals surface area contributed by atoms with Crippen LogP contribution < -0.4 is 5.32 Å². The number of carboxylic acid groups (broad SMARTS) is 1. The second-order valence-corrected chi connectivity index (χ2v) is 3.92. The van der Waals surface area contributed by atoms with Gasteiger partial charge in [0.15, 0.2) is 5.78 Å². The maximum absolute atomic E-state index is 11.8. The minimum atomic E-state index is -1.13. The molecule has 0 radical (unpaired) electrons. The van der Waals surface area contributed by atoms with E-state index in [1.54, 1.807) is 30.3 Å². The molecule has 18 heavy (non-hydrogen) atoms. The van der Waals surface area contributed by atoms with Crippen molar-refractivity contribution in [3.63, 3.8) is 0 Å². The summed E-state index contributed by atoms with van der Waals surface area (Å²) in [6, 6.07) is 7.63. The van der Waals surface area contributed by atoms with E-state index < -0.39 is 17.9 Å². The van der Waals surface area contributed by atoms with Crippen molar-refractivity contribution in [2.45, 2.75) is 25.8 Å². The largest absolute Gasteiger partial charge is 0.480 e. The first-order chi connectivity index (χ1) is 8.50. The Morgan fingerprint density at radius 2 is 1.83 bits per heavy atom. The normalized spacial score (nSPS) is 11.6. The molecule has 1 aromatic carbocycles. The molecule has 0 aliphatic carbocycles. The summed E-state index contributed by atoms with van der Waals surface area (Å²) in [6.45, 7) is 1.24. The van der Waals surface area contributed by atoms with Gasteiger partial charge in [-0.3, -0.25) is 9.59 Å². The molecule has 1 atom stereocenters. The Kier molecular flexibility index (Phi) is 5.05. The van der Waals surface area contributed by atoms with Gasteiger partial charge in [-0.25, -0.2) is 4.79 Å². The molecule has 5 nitrogen and oxygen atoms in total. The van der Waals surface area contributed by atoms with Crippen LogP contribution in [0, 0.1) is 0 Å². The molecule has 0 heterocycles. The van der Waals surface area contributed by atoms with Crippen LogP contribution in [-0.4, -0.2) is 28.8 Å². The number of nitrogens with one attached hydrogen (secondary N) is 1. The maximum atomic E-state index is 11.8. The average molecular weight is 249 g/mol. The molecule has 0 spiro atoms. The Morgan fingerprint density at radius 1 is 1.22 bits per heavy atom. The minimum absolute atomic E-state index is 0.0846. The Morgan fingerprint density at radius 3 is 2.33 bits per heavy atom. The van der Waals surface area contributed by atoms with Gasteiger partial charge in [0.2, 0.25) is 5.91 Å². The second-order valence-electron chi connectivity index (χ2n) is 3.92. The van der Waals surface area contributed by atoms with E-state index in [-0.39, 0.29) is 18.6 Å². The number of aliphatic carboxylic acids is 1. The predicted molar refractivity (Wildman–Crippen MR) is 65.2 cm³/mol. The highest BCUT2D eigenvalue weighted by atomic mass is 16.4. The molecule has 0 saturated carbocycles. The first-order valence-corrected chi connectivity index (χ1v) is 5.59. The number of carbonyl (C=O) groups excluding carboxylic acids is 2. The van der Waals surface area contributed by atoms with Crippen molar-refractivity contribution < 1.29 is 19.5 Å². The zero-order valence-corrected chi connectivity index (χ0v) is 10.1. The van der Waals surface area contributed by atoms with Gasteiger partial charge in [-0.15, -0.1) is 0 Å². The molecular weight excluding hydrogens is 234 g/mol. The average Bonchev–Trinajstić information content (AvgIpc) is 2.34. The van der Waals surface area contributed by atoms with Gasteiger partial charge in [0, 0.05) is 18.9 Å². The number of hydrogen-bond acceptors (Lipinski definition) is 3. The van der Waals surface area contributed by atoms with Crippen LogP contribution in [0.3, 0.4) is 0 Å². The van der Waals surface area contributed by atoms with Crippen LogP contribution in [0.5, 0.6) is 0 Å². The third-order valence-corrected chi connectivity index (χ3v) is 2.43. The highest BCUT2D eigenvalue weighted by Crippen LogP contribution is 2.07. The number of amides is 1. The summed E-state index contributed by atoms with van der Waals surface area (Å²) < 4.78 is 0. The fourth-order valence-corrected chi connectivity index (χ4v) is 1.55. The lowest BCUT2D eigenvalue weighted by Crippen LogP contribution is -2.39. The summed E-state index contributed by atoms with van der Waals surface area (Å²) in [6.07, 6.45) is 0.171. The standard InChI is InChI=1S/C13H15NO4/c1-9(15)14-11(13(17)18)7-8-12(16)10-5-3-2-4-6-10/h2-6,11H,7-8H2,1H3,(H,14,15)(H,17,18)/t11-/m0/s1. The monoisotopic (exact) mass is 249 g/mol. The van der Waals surface area contributed by atoms with E-state index in [0.717, 1.165) is 0 Å². The van der Waals surface area contributed by atoms with E-state index in [1.165, 1.54) is 6.92 Å². The lowest BCUT2D eigenvalue weighted by molar-refractivity contribution is -0.141. The van der Waals surface area contributed by atoms with Crippen LogP contribution in [0.15, 0.2) is 30.3 Å². The van der Waals surface area contributed by atoms with E-state index in [1.807, 2.05) is 0 Å². The third-order valence-electron chi connectivity index (χ3n) is 2.43. The number of Topliss-reactive ketones (excluding diaryl/α,β-unsaturated/α-hetero) is 1. The molecule has 1 aromatic rings. The van der Waals surface area contributed by atoms with Crippen molar-refractivity contribution in [3.8, 4) is 0 Å². The topological polar surface area (TPSA) is 83.5 Å². The molecule has 5 heteroatoms. The fraction of sp³-hybridized carbons (Fsp3) is 0.308. The zero-order valence-electron chi connectivity index (χ0n) is 10.1. The summed E-state index contributed by atoms with van der Waals surface area (Å²) in [5.74, 6) is -1.69. The molecule has 0 unspecified atom stereocenters. The fourth-order valence-electron chi connectivity index (χ4n) is 1.55. The highest BCUT2D eigenvalue weighted by Gasteiger charge is 2.19. The molecule has 0 bridgehead atoms. The summed E-state index contributed by atoms with van der Waals surface area (Å²) in [4.78, 5) is 33.4. The maximum Gasteiger partial charge on any atom is 0.326 e. The smallest absolute Gasteiger partial charge is 0.326 e. The second kappa shape index (κ2) is 6.54. The molecule has 96 valence electrons. The quantitative estimate of drug-likeness (QED) is 0.743. The number of rotatable bonds is 6. The molecule has 1 amide bonds. The van der Waals surface area contributed by atoms with Crippen LogP contribution in [0.2, 0.25) is 0 Å². The Hall–Kier alpha value is -2.17. The van der Waals surface area contributed by atoms with Crippen molar-refractivity contribution in [2.24, 2.45) is 0 Å². The van der Waals surface area contributed by atoms with Crippen LogP contribution in [0.1, 0.15) is 30.1 Å². The van der Waals surface area contributed by atoms with Crippen LogP contribution in [0.25, 0.3) is 0 Å². The van der Waals surface area contributed by atoms with Crippen LogP contribution >= 0.6 is 0 Å². The number of carboxylic acids is 1. The molecule has 0 fully saturated rings. The van der Waals surface area contributed by atoms with E-state index in [9.17, 15) is 14.4 Å². The van der Waals surface area contributed by atoms with Crippen molar-refractivity contribution in [1.29, 1.82) is 0 Å². The van der Waals surface area contributed by atoms with Gasteiger partial charge in [-0.2, -0.15) is 0 Å². The molecule has 2 N–H and O–H groups in total. The van der Waals surface area contributed by atoms with Gasteiger partial charge in [0.1, 0.15) is 6.04 Å². The Bertz CT molecular complexity index is 442. The molecule has 1 rings (SSSR count). The zero-order chi connectivity index (χ0) is 13.5. The number of benzene rings is 1. The van der Waals surface area contributed by atoms with Gasteiger partial charge in [0.25, 0.3) is 0 Å².